The van der Waals surface area contributed by atoms with E-state index in [4.69, 9.17) is 9.47 Å². The van der Waals surface area contributed by atoms with Crippen molar-refractivity contribution in [1.29, 1.82) is 0 Å². The standard InChI is InChI=1S/C21H24BrNO5/c1-21(2,3)28-20(26)23-17(15-10-7-11-16(22)12-15)18(24)19(25)27-13-14-8-5-4-6-9-14/h4-12,17-18,24H,13H2,1-3H3,(H,23,26)/t17-,18+/m0/s1. The Kier molecular flexibility index (Phi) is 7.60. The van der Waals surface area contributed by atoms with Crippen LogP contribution < -0.4 is 5.32 Å². The third-order valence-electron chi connectivity index (χ3n) is 3.66. The Morgan fingerprint density at radius 3 is 2.39 bits per heavy atom. The van der Waals surface area contributed by atoms with E-state index in [1.165, 1.54) is 0 Å². The Morgan fingerprint density at radius 2 is 1.79 bits per heavy atom. The van der Waals surface area contributed by atoms with E-state index in [1.54, 1.807) is 45.0 Å². The van der Waals surface area contributed by atoms with Crippen LogP contribution in [0.15, 0.2) is 59.1 Å². The van der Waals surface area contributed by atoms with Crippen LogP contribution in [-0.4, -0.2) is 28.9 Å². The fourth-order valence-corrected chi connectivity index (χ4v) is 2.85. The van der Waals surface area contributed by atoms with Crippen LogP contribution in [0.4, 0.5) is 4.79 Å². The minimum atomic E-state index is -1.61. The lowest BCUT2D eigenvalue weighted by atomic mass is 10.0. The van der Waals surface area contributed by atoms with Crippen molar-refractivity contribution >= 4 is 28.0 Å². The normalized spacial score (nSPS) is 13.3. The number of amides is 1. The van der Waals surface area contributed by atoms with E-state index < -0.39 is 29.8 Å². The first-order chi connectivity index (χ1) is 13.2. The molecule has 2 aromatic rings. The van der Waals surface area contributed by atoms with E-state index in [1.807, 2.05) is 30.3 Å². The van der Waals surface area contributed by atoms with Gasteiger partial charge in [0.25, 0.3) is 0 Å². The summed E-state index contributed by atoms with van der Waals surface area (Å²) in [6.07, 6.45) is -2.35. The maximum atomic E-state index is 12.4. The van der Waals surface area contributed by atoms with Crippen molar-refractivity contribution in [3.63, 3.8) is 0 Å². The number of aliphatic hydroxyl groups is 1. The van der Waals surface area contributed by atoms with E-state index in [2.05, 4.69) is 21.2 Å². The summed E-state index contributed by atoms with van der Waals surface area (Å²) in [6, 6.07) is 15.0. The van der Waals surface area contributed by atoms with E-state index in [9.17, 15) is 14.7 Å². The monoisotopic (exact) mass is 449 g/mol. The lowest BCUT2D eigenvalue weighted by molar-refractivity contribution is -0.156. The molecular formula is C21H24BrNO5. The second kappa shape index (κ2) is 9.71. The average molecular weight is 450 g/mol. The second-order valence-electron chi connectivity index (χ2n) is 7.22. The second-order valence-corrected chi connectivity index (χ2v) is 8.13. The van der Waals surface area contributed by atoms with Crippen molar-refractivity contribution < 1.29 is 24.2 Å². The van der Waals surface area contributed by atoms with Crippen LogP contribution >= 0.6 is 15.9 Å². The summed E-state index contributed by atoms with van der Waals surface area (Å²) in [5.74, 6) is -0.843. The predicted molar refractivity (Wildman–Crippen MR) is 108 cm³/mol. The Labute approximate surface area is 173 Å². The van der Waals surface area contributed by atoms with E-state index in [0.717, 1.165) is 10.0 Å². The molecule has 0 aliphatic heterocycles. The Morgan fingerprint density at radius 1 is 1.11 bits per heavy atom. The highest BCUT2D eigenvalue weighted by atomic mass is 79.9. The number of hydrogen-bond acceptors (Lipinski definition) is 5. The molecular weight excluding hydrogens is 426 g/mol. The topological polar surface area (TPSA) is 84.9 Å². The molecule has 0 bridgehead atoms. The third-order valence-corrected chi connectivity index (χ3v) is 4.15. The molecule has 2 aromatic carbocycles. The van der Waals surface area contributed by atoms with Gasteiger partial charge in [-0.3, -0.25) is 0 Å². The number of esters is 1. The SMILES string of the molecule is CC(C)(C)OC(=O)N[C@@H](c1cccc(Br)c1)[C@@H](O)C(=O)OCc1ccccc1. The largest absolute Gasteiger partial charge is 0.459 e. The highest BCUT2D eigenvalue weighted by Gasteiger charge is 2.32. The third kappa shape index (κ3) is 6.98. The minimum Gasteiger partial charge on any atom is -0.459 e. The maximum absolute atomic E-state index is 12.4. The molecule has 2 rings (SSSR count). The molecule has 0 saturated carbocycles. The number of halogens is 1. The molecule has 1 amide bonds. The number of nitrogens with one attached hydrogen (secondary N) is 1. The Bertz CT molecular complexity index is 804. The molecule has 0 aromatic heterocycles. The molecule has 0 unspecified atom stereocenters. The number of ether oxygens (including phenoxy) is 2. The molecule has 2 atom stereocenters. The van der Waals surface area contributed by atoms with Crippen LogP contribution in [0, 0.1) is 0 Å². The zero-order valence-electron chi connectivity index (χ0n) is 16.0. The Balaban J connectivity index is 2.14. The molecule has 28 heavy (non-hydrogen) atoms. The molecule has 0 spiro atoms. The molecule has 0 radical (unpaired) electrons. The molecule has 150 valence electrons. The van der Waals surface area contributed by atoms with Crippen molar-refractivity contribution in [2.75, 3.05) is 0 Å². The number of rotatable bonds is 6. The van der Waals surface area contributed by atoms with Crippen molar-refractivity contribution in [3.8, 4) is 0 Å². The van der Waals surface area contributed by atoms with Gasteiger partial charge in [0.15, 0.2) is 6.10 Å². The van der Waals surface area contributed by atoms with E-state index in [0.29, 0.717) is 5.56 Å². The minimum absolute atomic E-state index is 0.0222. The average Bonchev–Trinajstić information content (AvgIpc) is 2.63. The summed E-state index contributed by atoms with van der Waals surface area (Å²) in [4.78, 5) is 24.6. The quantitative estimate of drug-likeness (QED) is 0.647. The fourth-order valence-electron chi connectivity index (χ4n) is 2.43. The van der Waals surface area contributed by atoms with Gasteiger partial charge in [-0.15, -0.1) is 0 Å². The van der Waals surface area contributed by atoms with Crippen molar-refractivity contribution in [2.24, 2.45) is 0 Å². The maximum Gasteiger partial charge on any atom is 0.408 e. The predicted octanol–water partition coefficient (Wildman–Crippen LogP) is 4.12. The van der Waals surface area contributed by atoms with Crippen LogP contribution in [0.3, 0.4) is 0 Å². The van der Waals surface area contributed by atoms with Gasteiger partial charge >= 0.3 is 12.1 Å². The summed E-state index contributed by atoms with van der Waals surface area (Å²) in [7, 11) is 0. The first-order valence-corrected chi connectivity index (χ1v) is 9.58. The van der Waals surface area contributed by atoms with Crippen LogP contribution in [0.2, 0.25) is 0 Å². The van der Waals surface area contributed by atoms with Gasteiger partial charge in [0.05, 0.1) is 6.04 Å². The van der Waals surface area contributed by atoms with Gasteiger partial charge in [-0.25, -0.2) is 9.59 Å². The van der Waals surface area contributed by atoms with E-state index >= 15 is 0 Å². The number of aliphatic hydroxyl groups excluding tert-OH is 1. The van der Waals surface area contributed by atoms with Gasteiger partial charge in [0.2, 0.25) is 0 Å². The molecule has 0 aliphatic carbocycles. The molecule has 2 N–H and O–H groups in total. The highest BCUT2D eigenvalue weighted by molar-refractivity contribution is 9.10. The molecule has 0 fully saturated rings. The van der Waals surface area contributed by atoms with E-state index in [-0.39, 0.29) is 6.61 Å². The molecule has 6 nitrogen and oxygen atoms in total. The number of benzene rings is 2. The smallest absolute Gasteiger partial charge is 0.408 e. The first-order valence-electron chi connectivity index (χ1n) is 8.79. The fraction of sp³-hybridized carbons (Fsp3) is 0.333. The zero-order chi connectivity index (χ0) is 20.7. The van der Waals surface area contributed by atoms with Gasteiger partial charge < -0.3 is 19.9 Å². The first kappa shape index (κ1) is 21.9. The van der Waals surface area contributed by atoms with Gasteiger partial charge in [0.1, 0.15) is 12.2 Å². The van der Waals surface area contributed by atoms with Gasteiger partial charge in [-0.1, -0.05) is 58.4 Å². The number of hydrogen-bond donors (Lipinski definition) is 2. The summed E-state index contributed by atoms with van der Waals surface area (Å²) < 4.78 is 11.2. The lowest BCUT2D eigenvalue weighted by Crippen LogP contribution is -2.43. The lowest BCUT2D eigenvalue weighted by Gasteiger charge is -2.26. The van der Waals surface area contributed by atoms with Crippen molar-refractivity contribution in [2.45, 2.75) is 45.1 Å². The Hall–Kier alpha value is -2.38. The molecule has 0 saturated heterocycles. The summed E-state index contributed by atoms with van der Waals surface area (Å²) in [5.41, 5.74) is 0.608. The number of alkyl carbamates (subject to hydrolysis) is 1. The van der Waals surface area contributed by atoms with Crippen LogP contribution in [0.5, 0.6) is 0 Å². The van der Waals surface area contributed by atoms with Crippen LogP contribution in [-0.2, 0) is 20.9 Å². The van der Waals surface area contributed by atoms with Crippen molar-refractivity contribution in [1.82, 2.24) is 5.32 Å². The van der Waals surface area contributed by atoms with Crippen LogP contribution in [0.25, 0.3) is 0 Å². The number of carbonyl (C=O) groups is 2. The molecule has 0 heterocycles. The summed E-state index contributed by atoms with van der Waals surface area (Å²) in [6.45, 7) is 5.20. The molecule has 7 heteroatoms. The zero-order valence-corrected chi connectivity index (χ0v) is 17.6. The van der Waals surface area contributed by atoms with Crippen molar-refractivity contribution in [3.05, 3.63) is 70.2 Å². The molecule has 0 aliphatic rings. The van der Waals surface area contributed by atoms with Crippen LogP contribution in [0.1, 0.15) is 37.9 Å². The van der Waals surface area contributed by atoms with Gasteiger partial charge in [-0.05, 0) is 44.0 Å². The summed E-state index contributed by atoms with van der Waals surface area (Å²) >= 11 is 3.35. The highest BCUT2D eigenvalue weighted by Crippen LogP contribution is 2.23. The van der Waals surface area contributed by atoms with Gasteiger partial charge in [-0.2, -0.15) is 0 Å². The van der Waals surface area contributed by atoms with Gasteiger partial charge in [0, 0.05) is 4.47 Å². The number of carbonyl (C=O) groups excluding carboxylic acids is 2. The summed E-state index contributed by atoms with van der Waals surface area (Å²) in [5, 5.41) is 13.2.